The van der Waals surface area contributed by atoms with Crippen molar-refractivity contribution in [3.8, 4) is 0 Å². The molecule has 0 bridgehead atoms. The zero-order valence-corrected chi connectivity index (χ0v) is 6.45. The lowest BCUT2D eigenvalue weighted by Crippen LogP contribution is -2.24. The highest BCUT2D eigenvalue weighted by Crippen LogP contribution is 2.04. The second-order valence-corrected chi connectivity index (χ2v) is 2.40. The predicted octanol–water partition coefficient (Wildman–Crippen LogP) is 1.24. The summed E-state index contributed by atoms with van der Waals surface area (Å²) in [6.45, 7) is 8.89. The van der Waals surface area contributed by atoms with Crippen LogP contribution < -0.4 is 0 Å². The van der Waals surface area contributed by atoms with Gasteiger partial charge in [0.05, 0.1) is 6.67 Å². The van der Waals surface area contributed by atoms with Crippen LogP contribution in [0, 0.1) is 0 Å². The molecule has 0 saturated heterocycles. The standard InChI is InChI=1S/C8H14N2/c1-3-5-10-7-6-9(4-2)8-10/h3,6-7H,1,4-5,8H2,2H3. The molecule has 0 amide bonds. The summed E-state index contributed by atoms with van der Waals surface area (Å²) < 4.78 is 0. The lowest BCUT2D eigenvalue weighted by Gasteiger charge is -2.17. The molecule has 0 aromatic rings. The van der Waals surface area contributed by atoms with E-state index in [4.69, 9.17) is 0 Å². The summed E-state index contributed by atoms with van der Waals surface area (Å²) in [4.78, 5) is 4.47. The Morgan fingerprint density at radius 3 is 2.70 bits per heavy atom. The minimum absolute atomic E-state index is 0.951. The van der Waals surface area contributed by atoms with Crippen LogP contribution in [-0.2, 0) is 0 Å². The molecule has 0 radical (unpaired) electrons. The van der Waals surface area contributed by atoms with E-state index in [1.165, 1.54) is 0 Å². The maximum atomic E-state index is 3.68. The van der Waals surface area contributed by atoms with Crippen LogP contribution in [0.1, 0.15) is 6.92 Å². The van der Waals surface area contributed by atoms with Gasteiger partial charge in [0.15, 0.2) is 0 Å². The molecule has 1 rings (SSSR count). The molecule has 0 aromatic carbocycles. The first-order valence-corrected chi connectivity index (χ1v) is 3.64. The molecule has 10 heavy (non-hydrogen) atoms. The first-order valence-electron chi connectivity index (χ1n) is 3.64. The molecule has 2 nitrogen and oxygen atoms in total. The SMILES string of the molecule is C=CCN1C=CN(CC)C1. The Hall–Kier alpha value is -0.920. The van der Waals surface area contributed by atoms with E-state index in [-0.39, 0.29) is 0 Å². The quantitative estimate of drug-likeness (QED) is 0.541. The molecular weight excluding hydrogens is 124 g/mol. The van der Waals surface area contributed by atoms with Gasteiger partial charge in [0.1, 0.15) is 0 Å². The summed E-state index contributed by atoms with van der Waals surface area (Å²) in [6, 6.07) is 0. The second kappa shape index (κ2) is 3.30. The van der Waals surface area contributed by atoms with Crippen molar-refractivity contribution < 1.29 is 0 Å². The maximum Gasteiger partial charge on any atom is 0.0896 e. The van der Waals surface area contributed by atoms with E-state index in [1.807, 2.05) is 6.08 Å². The van der Waals surface area contributed by atoms with E-state index in [9.17, 15) is 0 Å². The zero-order chi connectivity index (χ0) is 7.40. The average molecular weight is 138 g/mol. The molecule has 0 N–H and O–H groups in total. The lowest BCUT2D eigenvalue weighted by molar-refractivity contribution is 0.291. The van der Waals surface area contributed by atoms with Gasteiger partial charge in [-0.15, -0.1) is 6.58 Å². The Bertz CT molecular complexity index is 140. The van der Waals surface area contributed by atoms with Crippen LogP contribution in [0.3, 0.4) is 0 Å². The molecular formula is C8H14N2. The predicted molar refractivity (Wildman–Crippen MR) is 43.3 cm³/mol. The normalized spacial score (nSPS) is 16.5. The van der Waals surface area contributed by atoms with E-state index >= 15 is 0 Å². The van der Waals surface area contributed by atoms with Crippen molar-refractivity contribution in [3.63, 3.8) is 0 Å². The Morgan fingerprint density at radius 2 is 2.20 bits per heavy atom. The summed E-state index contributed by atoms with van der Waals surface area (Å²) in [5, 5.41) is 0. The molecule has 1 aliphatic heterocycles. The summed E-state index contributed by atoms with van der Waals surface area (Å²) in [7, 11) is 0. The van der Waals surface area contributed by atoms with Crippen LogP contribution in [0.25, 0.3) is 0 Å². The highest BCUT2D eigenvalue weighted by Gasteiger charge is 2.06. The van der Waals surface area contributed by atoms with Crippen molar-refractivity contribution in [3.05, 3.63) is 25.1 Å². The van der Waals surface area contributed by atoms with Gasteiger partial charge >= 0.3 is 0 Å². The van der Waals surface area contributed by atoms with E-state index in [0.29, 0.717) is 0 Å². The third-order valence-electron chi connectivity index (χ3n) is 1.62. The third kappa shape index (κ3) is 1.53. The highest BCUT2D eigenvalue weighted by atomic mass is 15.3. The number of rotatable bonds is 3. The van der Waals surface area contributed by atoms with Crippen LogP contribution in [0.15, 0.2) is 25.1 Å². The highest BCUT2D eigenvalue weighted by molar-refractivity contribution is 4.92. The van der Waals surface area contributed by atoms with Crippen LogP contribution in [-0.4, -0.2) is 29.6 Å². The average Bonchev–Trinajstić information content (AvgIpc) is 2.37. The fraction of sp³-hybridized carbons (Fsp3) is 0.500. The van der Waals surface area contributed by atoms with Gasteiger partial charge in [-0.3, -0.25) is 0 Å². The minimum Gasteiger partial charge on any atom is -0.359 e. The van der Waals surface area contributed by atoms with Gasteiger partial charge in [0.2, 0.25) is 0 Å². The minimum atomic E-state index is 0.951. The van der Waals surface area contributed by atoms with Crippen molar-refractivity contribution >= 4 is 0 Å². The van der Waals surface area contributed by atoms with Crippen molar-refractivity contribution in [2.24, 2.45) is 0 Å². The van der Waals surface area contributed by atoms with Gasteiger partial charge in [-0.05, 0) is 6.92 Å². The first kappa shape index (κ1) is 7.19. The molecule has 0 saturated carbocycles. The molecule has 1 heterocycles. The summed E-state index contributed by atoms with van der Waals surface area (Å²) >= 11 is 0. The van der Waals surface area contributed by atoms with Gasteiger partial charge in [-0.25, -0.2) is 0 Å². The largest absolute Gasteiger partial charge is 0.359 e. The topological polar surface area (TPSA) is 6.48 Å². The van der Waals surface area contributed by atoms with Gasteiger partial charge < -0.3 is 9.80 Å². The van der Waals surface area contributed by atoms with Crippen LogP contribution in [0.5, 0.6) is 0 Å². The van der Waals surface area contributed by atoms with Crippen LogP contribution in [0.2, 0.25) is 0 Å². The molecule has 0 atom stereocenters. The van der Waals surface area contributed by atoms with E-state index in [0.717, 1.165) is 19.8 Å². The fourth-order valence-electron chi connectivity index (χ4n) is 1.01. The summed E-state index contributed by atoms with van der Waals surface area (Å²) in [6.07, 6.45) is 6.14. The van der Waals surface area contributed by atoms with E-state index in [1.54, 1.807) is 0 Å². The van der Waals surface area contributed by atoms with Gasteiger partial charge in [0, 0.05) is 25.5 Å². The zero-order valence-electron chi connectivity index (χ0n) is 6.45. The first-order chi connectivity index (χ1) is 4.86. The Labute approximate surface area is 62.4 Å². The van der Waals surface area contributed by atoms with Gasteiger partial charge in [-0.2, -0.15) is 0 Å². The summed E-state index contributed by atoms with van der Waals surface area (Å²) in [5.41, 5.74) is 0. The van der Waals surface area contributed by atoms with Gasteiger partial charge in [-0.1, -0.05) is 6.08 Å². The van der Waals surface area contributed by atoms with E-state index in [2.05, 4.69) is 35.7 Å². The molecule has 0 fully saturated rings. The Morgan fingerprint density at radius 1 is 1.50 bits per heavy atom. The fourth-order valence-corrected chi connectivity index (χ4v) is 1.01. The number of hydrogen-bond donors (Lipinski definition) is 0. The van der Waals surface area contributed by atoms with Crippen molar-refractivity contribution in [1.82, 2.24) is 9.80 Å². The number of hydrogen-bond acceptors (Lipinski definition) is 2. The van der Waals surface area contributed by atoms with Crippen molar-refractivity contribution in [2.45, 2.75) is 6.92 Å². The van der Waals surface area contributed by atoms with Crippen molar-refractivity contribution in [2.75, 3.05) is 19.8 Å². The second-order valence-electron chi connectivity index (χ2n) is 2.40. The van der Waals surface area contributed by atoms with Gasteiger partial charge in [0.25, 0.3) is 0 Å². The molecule has 2 heteroatoms. The van der Waals surface area contributed by atoms with Crippen LogP contribution in [0.4, 0.5) is 0 Å². The lowest BCUT2D eigenvalue weighted by atomic mass is 10.6. The molecule has 56 valence electrons. The monoisotopic (exact) mass is 138 g/mol. The summed E-state index contributed by atoms with van der Waals surface area (Å²) in [5.74, 6) is 0. The Balaban J connectivity index is 2.30. The molecule has 0 spiro atoms. The molecule has 0 aromatic heterocycles. The molecule has 0 unspecified atom stereocenters. The number of nitrogens with zero attached hydrogens (tertiary/aromatic N) is 2. The molecule has 1 aliphatic rings. The third-order valence-corrected chi connectivity index (χ3v) is 1.62. The maximum absolute atomic E-state index is 3.68. The molecule has 0 aliphatic carbocycles. The van der Waals surface area contributed by atoms with Crippen molar-refractivity contribution in [1.29, 1.82) is 0 Å². The van der Waals surface area contributed by atoms with E-state index < -0.39 is 0 Å². The smallest absolute Gasteiger partial charge is 0.0896 e. The Kier molecular flexibility index (Phi) is 2.37. The van der Waals surface area contributed by atoms with Crippen LogP contribution >= 0.6 is 0 Å².